The molecule has 1 heterocycles. The number of amides is 2. The number of methoxy groups -OCH3 is 2. The van der Waals surface area contributed by atoms with E-state index in [2.05, 4.69) is 26.1 Å². The first-order chi connectivity index (χ1) is 11.9. The number of likely N-dealkylation sites (tertiary alicyclic amines) is 1. The van der Waals surface area contributed by atoms with Gasteiger partial charge >= 0.3 is 6.03 Å². The van der Waals surface area contributed by atoms with Gasteiger partial charge in [0.1, 0.15) is 0 Å². The number of piperidine rings is 1. The summed E-state index contributed by atoms with van der Waals surface area (Å²) in [5.74, 6) is 1.42. The second-order valence-corrected chi connectivity index (χ2v) is 7.36. The third-order valence-electron chi connectivity index (χ3n) is 5.21. The summed E-state index contributed by atoms with van der Waals surface area (Å²) in [6, 6.07) is 6.36. The molecule has 1 aromatic rings. The van der Waals surface area contributed by atoms with Crippen molar-refractivity contribution >= 4 is 6.03 Å². The predicted octanol–water partition coefficient (Wildman–Crippen LogP) is 3.96. The maximum atomic E-state index is 12.6. The van der Waals surface area contributed by atoms with Crippen LogP contribution in [0.4, 0.5) is 4.79 Å². The Labute approximate surface area is 151 Å². The molecule has 1 aliphatic rings. The lowest BCUT2D eigenvalue weighted by atomic mass is 9.84. The second kappa shape index (κ2) is 8.45. The molecule has 1 aliphatic heterocycles. The number of rotatable bonds is 6. The summed E-state index contributed by atoms with van der Waals surface area (Å²) in [5.41, 5.74) is 0.906. The average Bonchev–Trinajstić information content (AvgIpc) is 2.65. The van der Waals surface area contributed by atoms with E-state index in [9.17, 15) is 4.79 Å². The molecule has 1 atom stereocenters. The van der Waals surface area contributed by atoms with Gasteiger partial charge in [-0.05, 0) is 43.4 Å². The largest absolute Gasteiger partial charge is 0.493 e. The molecule has 5 heteroatoms. The topological polar surface area (TPSA) is 50.8 Å². The van der Waals surface area contributed by atoms with Gasteiger partial charge in [-0.25, -0.2) is 4.79 Å². The van der Waals surface area contributed by atoms with Crippen LogP contribution >= 0.6 is 0 Å². The van der Waals surface area contributed by atoms with Crippen molar-refractivity contribution in [3.63, 3.8) is 0 Å². The molecule has 1 aromatic carbocycles. The number of benzene rings is 1. The smallest absolute Gasteiger partial charge is 0.317 e. The molecule has 1 fully saturated rings. The minimum Gasteiger partial charge on any atom is -0.493 e. The number of nitrogens with zero attached hydrogens (tertiary/aromatic N) is 1. The number of carbonyl (C=O) groups excluding carboxylic acids is 1. The van der Waals surface area contributed by atoms with E-state index in [0.29, 0.717) is 24.1 Å². The zero-order chi connectivity index (χ0) is 18.4. The van der Waals surface area contributed by atoms with Crippen molar-refractivity contribution < 1.29 is 14.3 Å². The summed E-state index contributed by atoms with van der Waals surface area (Å²) in [6.07, 6.45) is 4.46. The van der Waals surface area contributed by atoms with E-state index in [0.717, 1.165) is 31.4 Å². The van der Waals surface area contributed by atoms with Crippen molar-refractivity contribution in [3.05, 3.63) is 23.8 Å². The second-order valence-electron chi connectivity index (χ2n) is 7.36. The lowest BCUT2D eigenvalue weighted by molar-refractivity contribution is 0.147. The summed E-state index contributed by atoms with van der Waals surface area (Å²) in [6.45, 7) is 7.85. The molecular formula is C20H32N2O3. The highest BCUT2D eigenvalue weighted by Gasteiger charge is 2.28. The van der Waals surface area contributed by atoms with Crippen molar-refractivity contribution in [3.8, 4) is 11.5 Å². The fourth-order valence-corrected chi connectivity index (χ4v) is 3.45. The highest BCUT2D eigenvalue weighted by molar-refractivity contribution is 5.74. The van der Waals surface area contributed by atoms with E-state index in [-0.39, 0.29) is 11.4 Å². The van der Waals surface area contributed by atoms with Gasteiger partial charge in [0.05, 0.1) is 14.2 Å². The van der Waals surface area contributed by atoms with Gasteiger partial charge in [0, 0.05) is 24.5 Å². The Morgan fingerprint density at radius 2 is 1.96 bits per heavy atom. The number of ether oxygens (including phenoxy) is 2. The molecule has 2 rings (SSSR count). The minimum atomic E-state index is -0.202. The molecule has 0 radical (unpaired) electrons. The number of urea groups is 1. The molecule has 0 aromatic heterocycles. The maximum absolute atomic E-state index is 12.6. The van der Waals surface area contributed by atoms with Gasteiger partial charge in [-0.15, -0.1) is 0 Å². The van der Waals surface area contributed by atoms with Crippen LogP contribution in [0.2, 0.25) is 0 Å². The van der Waals surface area contributed by atoms with E-state index in [1.807, 2.05) is 23.1 Å². The van der Waals surface area contributed by atoms with Gasteiger partial charge < -0.3 is 19.7 Å². The molecule has 140 valence electrons. The Kier molecular flexibility index (Phi) is 6.57. The van der Waals surface area contributed by atoms with E-state index in [1.165, 1.54) is 6.42 Å². The van der Waals surface area contributed by atoms with E-state index in [4.69, 9.17) is 9.47 Å². The normalized spacial score (nSPS) is 18.0. The number of carbonyl (C=O) groups is 1. The minimum absolute atomic E-state index is 0.0556. The van der Waals surface area contributed by atoms with Crippen molar-refractivity contribution in [1.29, 1.82) is 0 Å². The zero-order valence-electron chi connectivity index (χ0n) is 16.2. The SMILES string of the molecule is CCC1CCCCN1C(=O)NCC(C)(C)c1ccc(OC)c(OC)c1. The monoisotopic (exact) mass is 348 g/mol. The fraction of sp³-hybridized carbons (Fsp3) is 0.650. The third-order valence-corrected chi connectivity index (χ3v) is 5.21. The van der Waals surface area contributed by atoms with Gasteiger partial charge in [0.25, 0.3) is 0 Å². The lowest BCUT2D eigenvalue weighted by Crippen LogP contribution is -2.50. The van der Waals surface area contributed by atoms with E-state index >= 15 is 0 Å². The molecule has 5 nitrogen and oxygen atoms in total. The first kappa shape index (κ1) is 19.4. The third kappa shape index (κ3) is 4.59. The molecule has 1 saturated heterocycles. The summed E-state index contributed by atoms with van der Waals surface area (Å²) in [4.78, 5) is 14.6. The Morgan fingerprint density at radius 1 is 1.24 bits per heavy atom. The van der Waals surface area contributed by atoms with Gasteiger partial charge in [-0.1, -0.05) is 26.8 Å². The summed E-state index contributed by atoms with van der Waals surface area (Å²) < 4.78 is 10.7. The summed E-state index contributed by atoms with van der Waals surface area (Å²) in [7, 11) is 3.27. The highest BCUT2D eigenvalue weighted by Crippen LogP contribution is 2.33. The Bertz CT molecular complexity index is 586. The molecule has 25 heavy (non-hydrogen) atoms. The van der Waals surface area contributed by atoms with Gasteiger partial charge in [0.2, 0.25) is 0 Å². The summed E-state index contributed by atoms with van der Waals surface area (Å²) >= 11 is 0. The molecule has 1 unspecified atom stereocenters. The quantitative estimate of drug-likeness (QED) is 0.847. The zero-order valence-corrected chi connectivity index (χ0v) is 16.2. The van der Waals surface area contributed by atoms with Gasteiger partial charge in [0.15, 0.2) is 11.5 Å². The molecule has 1 N–H and O–H groups in total. The van der Waals surface area contributed by atoms with Gasteiger partial charge in [-0.2, -0.15) is 0 Å². The first-order valence-electron chi connectivity index (χ1n) is 9.20. The van der Waals surface area contributed by atoms with E-state index in [1.54, 1.807) is 14.2 Å². The van der Waals surface area contributed by atoms with Crippen molar-refractivity contribution in [2.24, 2.45) is 0 Å². The lowest BCUT2D eigenvalue weighted by Gasteiger charge is -2.36. The highest BCUT2D eigenvalue weighted by atomic mass is 16.5. The first-order valence-corrected chi connectivity index (χ1v) is 9.20. The molecule has 0 saturated carbocycles. The van der Waals surface area contributed by atoms with E-state index < -0.39 is 0 Å². The van der Waals surface area contributed by atoms with Crippen LogP contribution in [0.5, 0.6) is 11.5 Å². The van der Waals surface area contributed by atoms with Crippen molar-refractivity contribution in [1.82, 2.24) is 10.2 Å². The van der Waals surface area contributed by atoms with Crippen LogP contribution in [0.15, 0.2) is 18.2 Å². The number of hydrogen-bond acceptors (Lipinski definition) is 3. The Hall–Kier alpha value is -1.91. The predicted molar refractivity (Wildman–Crippen MR) is 101 cm³/mol. The standard InChI is InChI=1S/C20H32N2O3/c1-6-16-9-7-8-12-22(16)19(23)21-14-20(2,3)15-10-11-17(24-4)18(13-15)25-5/h10-11,13,16H,6-9,12,14H2,1-5H3,(H,21,23). The molecule has 0 spiro atoms. The summed E-state index contributed by atoms with van der Waals surface area (Å²) in [5, 5.41) is 3.14. The van der Waals surface area contributed by atoms with Crippen LogP contribution in [0, 0.1) is 0 Å². The van der Waals surface area contributed by atoms with Crippen molar-refractivity contribution in [2.45, 2.75) is 57.9 Å². The average molecular weight is 348 g/mol. The molecule has 0 aliphatic carbocycles. The van der Waals surface area contributed by atoms with Gasteiger partial charge in [-0.3, -0.25) is 0 Å². The Balaban J connectivity index is 2.04. The fourth-order valence-electron chi connectivity index (χ4n) is 3.45. The van der Waals surface area contributed by atoms with Crippen LogP contribution in [-0.2, 0) is 5.41 Å². The van der Waals surface area contributed by atoms with Crippen LogP contribution in [-0.4, -0.2) is 44.3 Å². The molecular weight excluding hydrogens is 316 g/mol. The van der Waals surface area contributed by atoms with Crippen LogP contribution in [0.3, 0.4) is 0 Å². The van der Waals surface area contributed by atoms with Crippen LogP contribution in [0.1, 0.15) is 52.0 Å². The Morgan fingerprint density at radius 3 is 2.60 bits per heavy atom. The van der Waals surface area contributed by atoms with Crippen molar-refractivity contribution in [2.75, 3.05) is 27.3 Å². The number of hydrogen-bond donors (Lipinski definition) is 1. The number of nitrogens with one attached hydrogen (secondary N) is 1. The molecule has 0 bridgehead atoms. The maximum Gasteiger partial charge on any atom is 0.317 e. The van der Waals surface area contributed by atoms with Crippen LogP contribution < -0.4 is 14.8 Å². The molecule has 2 amide bonds. The van der Waals surface area contributed by atoms with Crippen LogP contribution in [0.25, 0.3) is 0 Å².